The van der Waals surface area contributed by atoms with E-state index in [9.17, 15) is 19.2 Å². The minimum absolute atomic E-state index is 0.00818. The summed E-state index contributed by atoms with van der Waals surface area (Å²) in [5.41, 5.74) is 1.55. The van der Waals surface area contributed by atoms with E-state index in [0.29, 0.717) is 0 Å². The lowest BCUT2D eigenvalue weighted by molar-refractivity contribution is -0.145. The molecule has 2 rings (SSSR count). The Kier molecular flexibility index (Phi) is 9.54. The van der Waals surface area contributed by atoms with Crippen molar-refractivity contribution in [3.8, 4) is 0 Å². The van der Waals surface area contributed by atoms with E-state index < -0.39 is 36.5 Å². The molecule has 9 heteroatoms. The Morgan fingerprint density at radius 3 is 1.94 bits per heavy atom. The molecule has 1 atom stereocenters. The van der Waals surface area contributed by atoms with Crippen LogP contribution in [0.1, 0.15) is 24.0 Å². The smallest absolute Gasteiger partial charge is 0.408 e. The van der Waals surface area contributed by atoms with Crippen LogP contribution in [-0.4, -0.2) is 41.6 Å². The normalized spacial score (nSPS) is 11.1. The molecule has 0 aromatic heterocycles. The second-order valence-corrected chi connectivity index (χ2v) is 6.56. The van der Waals surface area contributed by atoms with E-state index in [1.807, 2.05) is 12.1 Å². The van der Waals surface area contributed by atoms with Crippen LogP contribution in [0.5, 0.6) is 0 Å². The molecule has 0 aliphatic carbocycles. The standard InChI is InChI=1S/C22H24N2O7/c25-19(26)12-11-18(24-22(29)31-15-17-9-5-2-6-10-17)21(28)23-13-20(27)30-14-16-7-3-1-4-8-16/h1-10,18H,11-15H2,(H,23,28)(H,24,29)(H,25,26)/t18-/m0/s1. The number of benzene rings is 2. The van der Waals surface area contributed by atoms with E-state index in [2.05, 4.69) is 10.6 Å². The second kappa shape index (κ2) is 12.6. The van der Waals surface area contributed by atoms with E-state index in [1.165, 1.54) is 0 Å². The molecule has 0 heterocycles. The lowest BCUT2D eigenvalue weighted by Crippen LogP contribution is -2.48. The second-order valence-electron chi connectivity index (χ2n) is 6.56. The Morgan fingerprint density at radius 1 is 0.839 bits per heavy atom. The fourth-order valence-corrected chi connectivity index (χ4v) is 2.52. The van der Waals surface area contributed by atoms with Gasteiger partial charge in [-0.05, 0) is 17.5 Å². The van der Waals surface area contributed by atoms with Crippen molar-refractivity contribution in [2.45, 2.75) is 32.1 Å². The number of rotatable bonds is 11. The first-order valence-electron chi connectivity index (χ1n) is 9.60. The number of hydrogen-bond acceptors (Lipinski definition) is 6. The van der Waals surface area contributed by atoms with Gasteiger partial charge in [-0.1, -0.05) is 60.7 Å². The van der Waals surface area contributed by atoms with Crippen molar-refractivity contribution in [2.75, 3.05) is 6.54 Å². The van der Waals surface area contributed by atoms with Crippen LogP contribution in [0.2, 0.25) is 0 Å². The Labute approximate surface area is 179 Å². The van der Waals surface area contributed by atoms with Gasteiger partial charge < -0.3 is 25.2 Å². The summed E-state index contributed by atoms with van der Waals surface area (Å²) in [6, 6.07) is 16.8. The van der Waals surface area contributed by atoms with Gasteiger partial charge >= 0.3 is 18.0 Å². The number of esters is 1. The summed E-state index contributed by atoms with van der Waals surface area (Å²) in [4.78, 5) is 47.1. The van der Waals surface area contributed by atoms with E-state index >= 15 is 0 Å². The number of carboxylic acids is 1. The monoisotopic (exact) mass is 428 g/mol. The number of ether oxygens (including phenoxy) is 2. The zero-order valence-corrected chi connectivity index (χ0v) is 16.8. The van der Waals surface area contributed by atoms with Crippen LogP contribution in [0.3, 0.4) is 0 Å². The van der Waals surface area contributed by atoms with Gasteiger partial charge in [0, 0.05) is 6.42 Å². The number of nitrogens with one attached hydrogen (secondary N) is 2. The first kappa shape index (κ1) is 23.4. The maximum atomic E-state index is 12.4. The summed E-state index contributed by atoms with van der Waals surface area (Å²) in [6.45, 7) is -0.371. The molecule has 0 aliphatic rings. The number of carbonyl (C=O) groups excluding carboxylic acids is 3. The number of carbonyl (C=O) groups is 4. The van der Waals surface area contributed by atoms with Crippen LogP contribution < -0.4 is 10.6 Å². The first-order valence-corrected chi connectivity index (χ1v) is 9.60. The predicted octanol–water partition coefficient (Wildman–Crippen LogP) is 2.01. The molecule has 2 amide bonds. The van der Waals surface area contributed by atoms with Crippen LogP contribution >= 0.6 is 0 Å². The van der Waals surface area contributed by atoms with Crippen molar-refractivity contribution in [1.82, 2.24) is 10.6 Å². The van der Waals surface area contributed by atoms with Gasteiger partial charge in [0.1, 0.15) is 25.8 Å². The van der Waals surface area contributed by atoms with Crippen LogP contribution in [0.25, 0.3) is 0 Å². The molecule has 0 unspecified atom stereocenters. The van der Waals surface area contributed by atoms with Crippen LogP contribution in [0.15, 0.2) is 60.7 Å². The minimum atomic E-state index is -1.18. The van der Waals surface area contributed by atoms with Crippen molar-refractivity contribution in [1.29, 1.82) is 0 Å². The number of aliphatic carboxylic acids is 1. The maximum Gasteiger partial charge on any atom is 0.408 e. The molecular formula is C22H24N2O7. The van der Waals surface area contributed by atoms with Gasteiger partial charge in [-0.3, -0.25) is 14.4 Å². The lowest BCUT2D eigenvalue weighted by Gasteiger charge is -2.17. The maximum absolute atomic E-state index is 12.4. The minimum Gasteiger partial charge on any atom is -0.481 e. The number of hydrogen-bond donors (Lipinski definition) is 3. The largest absolute Gasteiger partial charge is 0.481 e. The number of carboxylic acid groups (broad SMARTS) is 1. The molecule has 0 saturated carbocycles. The highest BCUT2D eigenvalue weighted by molar-refractivity contribution is 5.88. The molecule has 0 aliphatic heterocycles. The van der Waals surface area contributed by atoms with Gasteiger partial charge in [-0.2, -0.15) is 0 Å². The average molecular weight is 428 g/mol. The van der Waals surface area contributed by atoms with Crippen molar-refractivity contribution in [2.24, 2.45) is 0 Å². The number of amides is 2. The van der Waals surface area contributed by atoms with E-state index in [1.54, 1.807) is 48.5 Å². The third-order valence-electron chi connectivity index (χ3n) is 4.12. The lowest BCUT2D eigenvalue weighted by atomic mass is 10.1. The molecule has 0 radical (unpaired) electrons. The molecule has 2 aromatic carbocycles. The summed E-state index contributed by atoms with van der Waals surface area (Å²) in [7, 11) is 0. The molecule has 0 fully saturated rings. The van der Waals surface area contributed by atoms with E-state index in [-0.39, 0.29) is 26.1 Å². The van der Waals surface area contributed by atoms with Crippen LogP contribution in [0, 0.1) is 0 Å². The van der Waals surface area contributed by atoms with Crippen molar-refractivity contribution >= 4 is 23.9 Å². The molecule has 9 nitrogen and oxygen atoms in total. The SMILES string of the molecule is O=C(O)CC[C@H](NC(=O)OCc1ccccc1)C(=O)NCC(=O)OCc1ccccc1. The fraction of sp³-hybridized carbons (Fsp3) is 0.273. The highest BCUT2D eigenvalue weighted by Crippen LogP contribution is 2.04. The van der Waals surface area contributed by atoms with Gasteiger partial charge in [-0.25, -0.2) is 4.79 Å². The van der Waals surface area contributed by atoms with Gasteiger partial charge in [0.15, 0.2) is 0 Å². The van der Waals surface area contributed by atoms with Crippen molar-refractivity contribution in [3.63, 3.8) is 0 Å². The summed E-state index contributed by atoms with van der Waals surface area (Å²) in [5.74, 6) is -2.50. The molecule has 2 aromatic rings. The fourth-order valence-electron chi connectivity index (χ4n) is 2.52. The third kappa shape index (κ3) is 9.44. The van der Waals surface area contributed by atoms with Gasteiger partial charge in [0.05, 0.1) is 0 Å². The molecule has 0 bridgehead atoms. The summed E-state index contributed by atoms with van der Waals surface area (Å²) >= 11 is 0. The van der Waals surface area contributed by atoms with Crippen LogP contribution in [-0.2, 0) is 37.1 Å². The summed E-state index contributed by atoms with van der Waals surface area (Å²) < 4.78 is 10.1. The van der Waals surface area contributed by atoms with Gasteiger partial charge in [-0.15, -0.1) is 0 Å². The average Bonchev–Trinajstić information content (AvgIpc) is 2.78. The predicted molar refractivity (Wildman–Crippen MR) is 110 cm³/mol. The van der Waals surface area contributed by atoms with Crippen molar-refractivity contribution in [3.05, 3.63) is 71.8 Å². The molecular weight excluding hydrogens is 404 g/mol. The van der Waals surface area contributed by atoms with E-state index in [4.69, 9.17) is 14.6 Å². The Morgan fingerprint density at radius 2 is 1.39 bits per heavy atom. The Balaban J connectivity index is 1.81. The van der Waals surface area contributed by atoms with Crippen LogP contribution in [0.4, 0.5) is 4.79 Å². The number of alkyl carbamates (subject to hydrolysis) is 1. The summed E-state index contributed by atoms with van der Waals surface area (Å²) in [6.07, 6.45) is -1.39. The zero-order valence-electron chi connectivity index (χ0n) is 16.8. The topological polar surface area (TPSA) is 131 Å². The molecule has 31 heavy (non-hydrogen) atoms. The molecule has 0 spiro atoms. The molecule has 164 valence electrons. The molecule has 0 saturated heterocycles. The Hall–Kier alpha value is -3.88. The first-order chi connectivity index (χ1) is 14.9. The highest BCUT2D eigenvalue weighted by atomic mass is 16.5. The molecule has 3 N–H and O–H groups in total. The quantitative estimate of drug-likeness (QED) is 0.467. The third-order valence-corrected chi connectivity index (χ3v) is 4.12. The van der Waals surface area contributed by atoms with Gasteiger partial charge in [0.2, 0.25) is 5.91 Å². The Bertz CT molecular complexity index is 872. The van der Waals surface area contributed by atoms with E-state index in [0.717, 1.165) is 11.1 Å². The zero-order chi connectivity index (χ0) is 22.5. The van der Waals surface area contributed by atoms with Gasteiger partial charge in [0.25, 0.3) is 0 Å². The highest BCUT2D eigenvalue weighted by Gasteiger charge is 2.23. The summed E-state index contributed by atoms with van der Waals surface area (Å²) in [5, 5.41) is 13.6. The van der Waals surface area contributed by atoms with Crippen molar-refractivity contribution < 1.29 is 33.8 Å².